The second-order valence-corrected chi connectivity index (χ2v) is 6.21. The van der Waals surface area contributed by atoms with Crippen LogP contribution in [0.2, 0.25) is 5.02 Å². The van der Waals surface area contributed by atoms with Crippen molar-refractivity contribution in [2.24, 2.45) is 23.7 Å². The van der Waals surface area contributed by atoms with Gasteiger partial charge >= 0.3 is 0 Å². The Balaban J connectivity index is 1.80. The van der Waals surface area contributed by atoms with Crippen LogP contribution in [0, 0.1) is 23.7 Å². The molecule has 1 aromatic rings. The van der Waals surface area contributed by atoms with Crippen LogP contribution in [0.3, 0.4) is 0 Å². The van der Waals surface area contributed by atoms with E-state index in [0.717, 1.165) is 12.8 Å². The van der Waals surface area contributed by atoms with Gasteiger partial charge < -0.3 is 0 Å². The van der Waals surface area contributed by atoms with Gasteiger partial charge in [0.05, 0.1) is 22.5 Å². The van der Waals surface area contributed by atoms with Crippen LogP contribution in [-0.4, -0.2) is 11.8 Å². The Kier molecular flexibility index (Phi) is 2.55. The van der Waals surface area contributed by atoms with E-state index in [1.54, 1.807) is 24.3 Å². The normalized spacial score (nSPS) is 34.8. The third kappa shape index (κ3) is 1.47. The number of carbonyl (C=O) groups is 2. The quantitative estimate of drug-likeness (QED) is 0.588. The topological polar surface area (TPSA) is 37.4 Å². The Bertz CT molecular complexity index is 607. The third-order valence-corrected chi connectivity index (χ3v) is 5.17. The van der Waals surface area contributed by atoms with E-state index in [-0.39, 0.29) is 35.5 Å². The van der Waals surface area contributed by atoms with Gasteiger partial charge in [0.2, 0.25) is 11.8 Å². The number of benzene rings is 1. The summed E-state index contributed by atoms with van der Waals surface area (Å²) < 4.78 is 0. The molecule has 102 valence electrons. The zero-order valence-electron chi connectivity index (χ0n) is 10.8. The molecule has 1 heterocycles. The van der Waals surface area contributed by atoms with Crippen molar-refractivity contribution < 1.29 is 9.59 Å². The molecule has 0 spiro atoms. The molecule has 1 aliphatic heterocycles. The number of hydrogen-bond donors (Lipinski definition) is 0. The van der Waals surface area contributed by atoms with Crippen LogP contribution in [0.15, 0.2) is 36.4 Å². The lowest BCUT2D eigenvalue weighted by atomic mass is 9.63. The van der Waals surface area contributed by atoms with Gasteiger partial charge in [-0.2, -0.15) is 0 Å². The molecule has 1 saturated carbocycles. The Hall–Kier alpha value is -1.61. The molecule has 20 heavy (non-hydrogen) atoms. The molecule has 3 nitrogen and oxygen atoms in total. The molecular formula is C16H14ClNO2. The largest absolute Gasteiger partial charge is 0.274 e. The number of imide groups is 1. The Labute approximate surface area is 122 Å². The number of allylic oxidation sites excluding steroid dienone is 2. The number of fused-ring (bicyclic) bond motifs is 1. The van der Waals surface area contributed by atoms with Crippen LogP contribution >= 0.6 is 11.6 Å². The van der Waals surface area contributed by atoms with E-state index in [0.29, 0.717) is 10.7 Å². The molecule has 2 fully saturated rings. The van der Waals surface area contributed by atoms with Crippen LogP contribution in [0.5, 0.6) is 0 Å². The van der Waals surface area contributed by atoms with Gasteiger partial charge in [0.15, 0.2) is 0 Å². The Morgan fingerprint density at radius 1 is 0.950 bits per heavy atom. The summed E-state index contributed by atoms with van der Waals surface area (Å²) in [4.78, 5) is 26.7. The lowest BCUT2D eigenvalue weighted by Gasteiger charge is -2.38. The zero-order valence-corrected chi connectivity index (χ0v) is 11.6. The molecule has 2 bridgehead atoms. The molecule has 1 saturated heterocycles. The van der Waals surface area contributed by atoms with Gasteiger partial charge in [0.25, 0.3) is 0 Å². The molecule has 3 aliphatic carbocycles. The van der Waals surface area contributed by atoms with Crippen LogP contribution < -0.4 is 4.90 Å². The minimum Gasteiger partial charge on any atom is -0.274 e. The van der Waals surface area contributed by atoms with Crippen molar-refractivity contribution in [3.05, 3.63) is 41.4 Å². The fraction of sp³-hybridized carbons (Fsp3) is 0.375. The first-order valence-electron chi connectivity index (χ1n) is 6.99. The highest BCUT2D eigenvalue weighted by Crippen LogP contribution is 2.50. The van der Waals surface area contributed by atoms with Crippen molar-refractivity contribution in [3.8, 4) is 0 Å². The minimum absolute atomic E-state index is 0.0767. The number of carbonyl (C=O) groups excluding carboxylic acids is 2. The summed E-state index contributed by atoms with van der Waals surface area (Å²) >= 11 is 6.16. The van der Waals surface area contributed by atoms with E-state index in [4.69, 9.17) is 11.6 Å². The summed E-state index contributed by atoms with van der Waals surface area (Å²) in [5.74, 6) is -0.0766. The van der Waals surface area contributed by atoms with Crippen LogP contribution in [0.4, 0.5) is 5.69 Å². The predicted molar refractivity (Wildman–Crippen MR) is 76.3 cm³/mol. The van der Waals surface area contributed by atoms with Gasteiger partial charge in [0.1, 0.15) is 0 Å². The Morgan fingerprint density at radius 2 is 1.50 bits per heavy atom. The molecule has 2 amide bonds. The average Bonchev–Trinajstić information content (AvgIpc) is 2.75. The maximum atomic E-state index is 12.7. The number of halogens is 1. The van der Waals surface area contributed by atoms with Gasteiger partial charge in [-0.25, -0.2) is 4.90 Å². The van der Waals surface area contributed by atoms with Crippen LogP contribution in [0.25, 0.3) is 0 Å². The third-order valence-electron chi connectivity index (χ3n) is 4.85. The first kappa shape index (κ1) is 12.2. The maximum Gasteiger partial charge on any atom is 0.238 e. The lowest BCUT2D eigenvalue weighted by molar-refractivity contribution is -0.124. The number of nitrogens with zero attached hydrogens (tertiary/aromatic N) is 1. The lowest BCUT2D eigenvalue weighted by Crippen LogP contribution is -2.38. The highest BCUT2D eigenvalue weighted by atomic mass is 35.5. The second kappa shape index (κ2) is 4.19. The monoisotopic (exact) mass is 287 g/mol. The number of para-hydroxylation sites is 1. The molecule has 1 aromatic carbocycles. The van der Waals surface area contributed by atoms with Gasteiger partial charge in [-0.05, 0) is 36.8 Å². The number of anilines is 1. The summed E-state index contributed by atoms with van der Waals surface area (Å²) in [5.41, 5.74) is 0.526. The van der Waals surface area contributed by atoms with E-state index in [9.17, 15) is 9.59 Å². The number of amides is 2. The Morgan fingerprint density at radius 3 is 2.00 bits per heavy atom. The predicted octanol–water partition coefficient (Wildman–Crippen LogP) is 3.04. The van der Waals surface area contributed by atoms with Crippen molar-refractivity contribution >= 4 is 29.1 Å². The molecule has 0 radical (unpaired) electrons. The molecular weight excluding hydrogens is 274 g/mol. The van der Waals surface area contributed by atoms with E-state index in [1.165, 1.54) is 4.90 Å². The molecule has 0 aromatic heterocycles. The second-order valence-electron chi connectivity index (χ2n) is 5.80. The van der Waals surface area contributed by atoms with E-state index in [1.807, 2.05) is 0 Å². The summed E-state index contributed by atoms with van der Waals surface area (Å²) in [6.45, 7) is 0. The highest BCUT2D eigenvalue weighted by Gasteiger charge is 2.57. The minimum atomic E-state index is -0.178. The van der Waals surface area contributed by atoms with Crippen molar-refractivity contribution in [2.45, 2.75) is 12.8 Å². The summed E-state index contributed by atoms with van der Waals surface area (Å²) in [5, 5.41) is 0.452. The summed E-state index contributed by atoms with van der Waals surface area (Å²) in [6.07, 6.45) is 6.27. The zero-order chi connectivity index (χ0) is 13.9. The first-order chi connectivity index (χ1) is 9.68. The standard InChI is InChI=1S/C16H14ClNO2/c17-11-3-1-2-4-12(11)18-15(19)13-9-5-6-10(8-7-9)14(13)16(18)20/h1-6,9-10,13-14H,7-8H2/t9-,10-,13-,14+/m1/s1. The first-order valence-corrected chi connectivity index (χ1v) is 7.37. The van der Waals surface area contributed by atoms with Crippen molar-refractivity contribution in [1.82, 2.24) is 0 Å². The van der Waals surface area contributed by atoms with Gasteiger partial charge in [-0.1, -0.05) is 35.9 Å². The number of hydrogen-bond acceptors (Lipinski definition) is 2. The number of rotatable bonds is 1. The maximum absolute atomic E-state index is 12.7. The van der Waals surface area contributed by atoms with E-state index < -0.39 is 0 Å². The van der Waals surface area contributed by atoms with Crippen molar-refractivity contribution in [3.63, 3.8) is 0 Å². The molecule has 0 unspecified atom stereocenters. The molecule has 0 N–H and O–H groups in total. The van der Waals surface area contributed by atoms with Crippen LogP contribution in [-0.2, 0) is 9.59 Å². The molecule has 4 aliphatic rings. The fourth-order valence-electron chi connectivity index (χ4n) is 3.94. The summed E-state index contributed by atoms with van der Waals surface area (Å²) in [7, 11) is 0. The van der Waals surface area contributed by atoms with Gasteiger partial charge in [-0.15, -0.1) is 0 Å². The highest BCUT2D eigenvalue weighted by molar-refractivity contribution is 6.36. The van der Waals surface area contributed by atoms with E-state index >= 15 is 0 Å². The molecule has 4 atom stereocenters. The van der Waals surface area contributed by atoms with Gasteiger partial charge in [0, 0.05) is 0 Å². The molecule has 4 heteroatoms. The van der Waals surface area contributed by atoms with Gasteiger partial charge in [-0.3, -0.25) is 9.59 Å². The van der Waals surface area contributed by atoms with Crippen LogP contribution in [0.1, 0.15) is 12.8 Å². The van der Waals surface area contributed by atoms with E-state index in [2.05, 4.69) is 12.2 Å². The van der Waals surface area contributed by atoms with Crippen molar-refractivity contribution in [1.29, 1.82) is 0 Å². The SMILES string of the molecule is O=C1[C@@H]2[C@H](C(=O)N1c1ccccc1Cl)[C@@H]1C=C[C@@H]2CC1. The average molecular weight is 288 g/mol. The van der Waals surface area contributed by atoms with Crippen molar-refractivity contribution in [2.75, 3.05) is 4.90 Å². The molecule has 5 rings (SSSR count). The fourth-order valence-corrected chi connectivity index (χ4v) is 4.16. The summed E-state index contributed by atoms with van der Waals surface area (Å²) in [6, 6.07) is 7.06. The smallest absolute Gasteiger partial charge is 0.238 e.